The molecule has 1 aromatic heterocycles. The Kier molecular flexibility index (Phi) is 5.64. The summed E-state index contributed by atoms with van der Waals surface area (Å²) < 4.78 is 5.68. The van der Waals surface area contributed by atoms with Gasteiger partial charge in [0.25, 0.3) is 0 Å². The molecule has 1 heterocycles. The van der Waals surface area contributed by atoms with Gasteiger partial charge < -0.3 is 20.1 Å². The highest BCUT2D eigenvalue weighted by Crippen LogP contribution is 2.22. The second-order valence-electron chi connectivity index (χ2n) is 7.58. The fourth-order valence-corrected chi connectivity index (χ4v) is 3.17. The van der Waals surface area contributed by atoms with Crippen molar-refractivity contribution in [3.63, 3.8) is 0 Å². The smallest absolute Gasteiger partial charge is 0.119 e. The van der Waals surface area contributed by atoms with E-state index in [1.54, 1.807) is 0 Å². The van der Waals surface area contributed by atoms with Gasteiger partial charge in [-0.25, -0.2) is 0 Å². The van der Waals surface area contributed by atoms with Gasteiger partial charge in [0, 0.05) is 29.2 Å². The van der Waals surface area contributed by atoms with Gasteiger partial charge in [-0.15, -0.1) is 0 Å². The van der Waals surface area contributed by atoms with E-state index >= 15 is 0 Å². The molecule has 3 aromatic rings. The maximum Gasteiger partial charge on any atom is 0.119 e. The van der Waals surface area contributed by atoms with Crippen LogP contribution in [-0.4, -0.2) is 34.9 Å². The van der Waals surface area contributed by atoms with Crippen molar-refractivity contribution in [1.29, 1.82) is 0 Å². The molecule has 0 saturated carbocycles. The number of nitrogens with one attached hydrogen (secondary N) is 2. The largest absolute Gasteiger partial charge is 0.491 e. The molecule has 0 aliphatic rings. The molecular weight excluding hydrogens is 324 g/mol. The second kappa shape index (κ2) is 7.94. The number of ether oxygens (including phenoxy) is 1. The quantitative estimate of drug-likeness (QED) is 0.577. The number of rotatable bonds is 8. The number of aromatic amines is 1. The zero-order valence-corrected chi connectivity index (χ0v) is 15.8. The van der Waals surface area contributed by atoms with Gasteiger partial charge in [0.2, 0.25) is 0 Å². The molecule has 3 rings (SSSR count). The molecule has 0 amide bonds. The van der Waals surface area contributed by atoms with E-state index < -0.39 is 6.10 Å². The van der Waals surface area contributed by atoms with Crippen molar-refractivity contribution in [2.24, 2.45) is 0 Å². The average molecular weight is 352 g/mol. The predicted molar refractivity (Wildman–Crippen MR) is 107 cm³/mol. The molecule has 0 spiro atoms. The molecule has 4 heteroatoms. The van der Waals surface area contributed by atoms with Gasteiger partial charge in [0.1, 0.15) is 18.5 Å². The number of aryl methyl sites for hydroxylation is 1. The first-order valence-corrected chi connectivity index (χ1v) is 9.10. The van der Waals surface area contributed by atoms with Gasteiger partial charge >= 0.3 is 0 Å². The first-order valence-electron chi connectivity index (χ1n) is 9.10. The number of β-amino-alcohol motifs (C(OH)–C–C–N with tert-alkyl or cyclic N) is 1. The fraction of sp³-hybridized carbons (Fsp3) is 0.364. The van der Waals surface area contributed by atoms with Gasteiger partial charge in [-0.3, -0.25) is 0 Å². The zero-order chi connectivity index (χ0) is 18.6. The molecule has 0 fully saturated rings. The molecule has 0 aliphatic heterocycles. The van der Waals surface area contributed by atoms with Crippen molar-refractivity contribution in [2.45, 2.75) is 38.8 Å². The highest BCUT2D eigenvalue weighted by molar-refractivity contribution is 5.83. The van der Waals surface area contributed by atoms with Crippen molar-refractivity contribution in [2.75, 3.05) is 13.2 Å². The summed E-state index contributed by atoms with van der Waals surface area (Å²) in [6, 6.07) is 16.2. The summed E-state index contributed by atoms with van der Waals surface area (Å²) in [6.07, 6.45) is 2.39. The Hall–Kier alpha value is -2.30. The van der Waals surface area contributed by atoms with E-state index in [-0.39, 0.29) is 12.1 Å². The lowest BCUT2D eigenvalue weighted by Gasteiger charge is -2.28. The zero-order valence-electron chi connectivity index (χ0n) is 15.8. The molecule has 138 valence electrons. The van der Waals surface area contributed by atoms with E-state index in [1.165, 1.54) is 10.9 Å². The second-order valence-corrected chi connectivity index (χ2v) is 7.58. The number of H-pyrrole nitrogens is 1. The van der Waals surface area contributed by atoms with E-state index in [9.17, 15) is 5.11 Å². The van der Waals surface area contributed by atoms with Crippen LogP contribution in [0.1, 0.15) is 25.0 Å². The summed E-state index contributed by atoms with van der Waals surface area (Å²) >= 11 is 0. The van der Waals surface area contributed by atoms with E-state index in [0.29, 0.717) is 6.54 Å². The van der Waals surface area contributed by atoms with Gasteiger partial charge in [0.15, 0.2) is 0 Å². The minimum Gasteiger partial charge on any atom is -0.491 e. The molecule has 0 aliphatic carbocycles. The van der Waals surface area contributed by atoms with Crippen molar-refractivity contribution in [3.05, 3.63) is 65.9 Å². The lowest BCUT2D eigenvalue weighted by atomic mass is 9.94. The SMILES string of the molecule is Cc1cccc(OCC(O)CNC(C)(C)Cc2c[nH]c3ccccc23)c1. The Morgan fingerprint density at radius 3 is 2.77 bits per heavy atom. The van der Waals surface area contributed by atoms with E-state index in [0.717, 1.165) is 23.3 Å². The van der Waals surface area contributed by atoms with Crippen LogP contribution in [0.15, 0.2) is 54.7 Å². The van der Waals surface area contributed by atoms with E-state index in [1.807, 2.05) is 37.3 Å². The number of hydrogen-bond acceptors (Lipinski definition) is 3. The lowest BCUT2D eigenvalue weighted by molar-refractivity contribution is 0.0988. The number of aliphatic hydroxyl groups is 1. The number of aliphatic hydroxyl groups excluding tert-OH is 1. The summed E-state index contributed by atoms with van der Waals surface area (Å²) in [5, 5.41) is 15.0. The highest BCUT2D eigenvalue weighted by atomic mass is 16.5. The normalized spacial score (nSPS) is 13.1. The Labute approximate surface area is 155 Å². The lowest BCUT2D eigenvalue weighted by Crippen LogP contribution is -2.46. The monoisotopic (exact) mass is 352 g/mol. The third-order valence-electron chi connectivity index (χ3n) is 4.56. The molecule has 1 unspecified atom stereocenters. The van der Waals surface area contributed by atoms with Crippen molar-refractivity contribution in [3.8, 4) is 5.75 Å². The van der Waals surface area contributed by atoms with E-state index in [4.69, 9.17) is 4.74 Å². The number of benzene rings is 2. The summed E-state index contributed by atoms with van der Waals surface area (Å²) in [6.45, 7) is 7.10. The maximum absolute atomic E-state index is 10.2. The molecular formula is C22H28N2O2. The third-order valence-corrected chi connectivity index (χ3v) is 4.56. The summed E-state index contributed by atoms with van der Waals surface area (Å²) in [4.78, 5) is 3.32. The Morgan fingerprint density at radius 1 is 1.15 bits per heavy atom. The molecule has 2 aromatic carbocycles. The van der Waals surface area contributed by atoms with Gasteiger partial charge in [-0.05, 0) is 56.5 Å². The van der Waals surface area contributed by atoms with Crippen molar-refractivity contribution < 1.29 is 9.84 Å². The van der Waals surface area contributed by atoms with Crippen LogP contribution in [-0.2, 0) is 6.42 Å². The summed E-state index contributed by atoms with van der Waals surface area (Å²) in [5.74, 6) is 0.794. The Balaban J connectivity index is 1.51. The third kappa shape index (κ3) is 4.87. The summed E-state index contributed by atoms with van der Waals surface area (Å²) in [7, 11) is 0. The van der Waals surface area contributed by atoms with Gasteiger partial charge in [-0.1, -0.05) is 30.3 Å². The minimum absolute atomic E-state index is 0.130. The maximum atomic E-state index is 10.2. The molecule has 0 radical (unpaired) electrons. The number of aromatic nitrogens is 1. The van der Waals surface area contributed by atoms with Crippen LogP contribution in [0.5, 0.6) is 5.75 Å². The van der Waals surface area contributed by atoms with Crippen molar-refractivity contribution >= 4 is 10.9 Å². The molecule has 26 heavy (non-hydrogen) atoms. The van der Waals surface area contributed by atoms with Crippen LogP contribution in [0.2, 0.25) is 0 Å². The first kappa shape index (κ1) is 18.5. The molecule has 3 N–H and O–H groups in total. The number of para-hydroxylation sites is 1. The number of fused-ring (bicyclic) bond motifs is 1. The Morgan fingerprint density at radius 2 is 1.96 bits per heavy atom. The topological polar surface area (TPSA) is 57.3 Å². The number of hydrogen-bond donors (Lipinski definition) is 3. The molecule has 1 atom stereocenters. The van der Waals surface area contributed by atoms with Crippen LogP contribution >= 0.6 is 0 Å². The molecule has 4 nitrogen and oxygen atoms in total. The molecule has 0 saturated heterocycles. The average Bonchev–Trinajstić information content (AvgIpc) is 3.01. The minimum atomic E-state index is -0.558. The van der Waals surface area contributed by atoms with Crippen LogP contribution in [0, 0.1) is 6.92 Å². The molecule has 0 bridgehead atoms. The highest BCUT2D eigenvalue weighted by Gasteiger charge is 2.21. The van der Waals surface area contributed by atoms with Crippen LogP contribution in [0.25, 0.3) is 10.9 Å². The fourth-order valence-electron chi connectivity index (χ4n) is 3.17. The Bertz CT molecular complexity index is 854. The van der Waals surface area contributed by atoms with Crippen LogP contribution in [0.3, 0.4) is 0 Å². The predicted octanol–water partition coefficient (Wildman–Crippen LogP) is 3.83. The first-order chi connectivity index (χ1) is 12.4. The van der Waals surface area contributed by atoms with Crippen LogP contribution < -0.4 is 10.1 Å². The summed E-state index contributed by atoms with van der Waals surface area (Å²) in [5.41, 5.74) is 3.46. The van der Waals surface area contributed by atoms with E-state index in [2.05, 4.69) is 48.5 Å². The van der Waals surface area contributed by atoms with Gasteiger partial charge in [-0.2, -0.15) is 0 Å². The van der Waals surface area contributed by atoms with Gasteiger partial charge in [0.05, 0.1) is 0 Å². The van der Waals surface area contributed by atoms with Crippen molar-refractivity contribution in [1.82, 2.24) is 10.3 Å². The standard InChI is InChI=1S/C22H28N2O2/c1-16-7-6-8-19(11-16)26-15-18(25)14-24-22(2,3)12-17-13-23-21-10-5-4-9-20(17)21/h4-11,13,18,23-25H,12,14-15H2,1-3H3. The van der Waals surface area contributed by atoms with Crippen LogP contribution in [0.4, 0.5) is 0 Å².